The standard InChI is InChI=1S/C12H13N5/c1-17-10(4-5-16-17)8-15-12-3-2-9(7-13)6-11(12)14/h2-6,15H,8,14H2,1H3. The van der Waals surface area contributed by atoms with Gasteiger partial charge in [0.15, 0.2) is 0 Å². The van der Waals surface area contributed by atoms with Crippen molar-refractivity contribution in [2.75, 3.05) is 11.1 Å². The van der Waals surface area contributed by atoms with Gasteiger partial charge in [0, 0.05) is 13.2 Å². The van der Waals surface area contributed by atoms with Crippen LogP contribution in [0.4, 0.5) is 11.4 Å². The van der Waals surface area contributed by atoms with Crippen molar-refractivity contribution in [1.29, 1.82) is 5.26 Å². The quantitative estimate of drug-likeness (QED) is 0.778. The first-order valence-corrected chi connectivity index (χ1v) is 5.21. The van der Waals surface area contributed by atoms with Crippen molar-refractivity contribution >= 4 is 11.4 Å². The molecule has 0 bridgehead atoms. The van der Waals surface area contributed by atoms with E-state index >= 15 is 0 Å². The molecule has 5 nitrogen and oxygen atoms in total. The van der Waals surface area contributed by atoms with Crippen molar-refractivity contribution < 1.29 is 0 Å². The summed E-state index contributed by atoms with van der Waals surface area (Å²) in [6, 6.07) is 9.20. The topological polar surface area (TPSA) is 79.7 Å². The van der Waals surface area contributed by atoms with E-state index in [9.17, 15) is 0 Å². The summed E-state index contributed by atoms with van der Waals surface area (Å²) >= 11 is 0. The monoisotopic (exact) mass is 227 g/mol. The molecule has 2 aromatic rings. The minimum Gasteiger partial charge on any atom is -0.397 e. The molecule has 0 atom stereocenters. The van der Waals surface area contributed by atoms with E-state index in [1.54, 1.807) is 23.0 Å². The van der Waals surface area contributed by atoms with Crippen molar-refractivity contribution in [2.45, 2.75) is 6.54 Å². The summed E-state index contributed by atoms with van der Waals surface area (Å²) < 4.78 is 1.80. The van der Waals surface area contributed by atoms with Crippen LogP contribution in [0.2, 0.25) is 0 Å². The number of nitrogen functional groups attached to an aromatic ring is 1. The Hall–Kier alpha value is -2.48. The molecular formula is C12H13N5. The van der Waals surface area contributed by atoms with E-state index < -0.39 is 0 Å². The van der Waals surface area contributed by atoms with Crippen LogP contribution < -0.4 is 11.1 Å². The molecule has 0 aliphatic carbocycles. The van der Waals surface area contributed by atoms with Crippen LogP contribution >= 0.6 is 0 Å². The summed E-state index contributed by atoms with van der Waals surface area (Å²) in [5.41, 5.74) is 8.87. The van der Waals surface area contributed by atoms with Crippen molar-refractivity contribution in [3.05, 3.63) is 41.7 Å². The third kappa shape index (κ3) is 2.37. The molecule has 0 fully saturated rings. The Morgan fingerprint density at radius 3 is 2.88 bits per heavy atom. The molecule has 0 saturated carbocycles. The van der Waals surface area contributed by atoms with Crippen molar-refractivity contribution in [2.24, 2.45) is 7.05 Å². The lowest BCUT2D eigenvalue weighted by Gasteiger charge is -2.09. The second-order valence-electron chi connectivity index (χ2n) is 3.71. The summed E-state index contributed by atoms with van der Waals surface area (Å²) in [7, 11) is 1.89. The van der Waals surface area contributed by atoms with Gasteiger partial charge in [-0.2, -0.15) is 10.4 Å². The number of aromatic nitrogens is 2. The van der Waals surface area contributed by atoms with Gasteiger partial charge in [0.1, 0.15) is 0 Å². The Morgan fingerprint density at radius 2 is 2.29 bits per heavy atom. The molecule has 0 aliphatic heterocycles. The van der Waals surface area contributed by atoms with Crippen LogP contribution in [0.5, 0.6) is 0 Å². The van der Waals surface area contributed by atoms with Gasteiger partial charge >= 0.3 is 0 Å². The molecule has 0 unspecified atom stereocenters. The van der Waals surface area contributed by atoms with Gasteiger partial charge in [0.25, 0.3) is 0 Å². The number of hydrogen-bond donors (Lipinski definition) is 2. The van der Waals surface area contributed by atoms with Crippen LogP contribution in [0.25, 0.3) is 0 Å². The highest BCUT2D eigenvalue weighted by molar-refractivity contribution is 5.68. The summed E-state index contributed by atoms with van der Waals surface area (Å²) in [5, 5.41) is 16.0. The second-order valence-corrected chi connectivity index (χ2v) is 3.71. The van der Waals surface area contributed by atoms with Gasteiger partial charge in [0.05, 0.1) is 35.2 Å². The Balaban J connectivity index is 2.10. The number of nitrogens with two attached hydrogens (primary N) is 1. The number of nitrogens with zero attached hydrogens (tertiary/aromatic N) is 3. The minimum absolute atomic E-state index is 0.564. The minimum atomic E-state index is 0.564. The van der Waals surface area contributed by atoms with E-state index in [0.29, 0.717) is 17.8 Å². The molecule has 3 N–H and O–H groups in total. The fraction of sp³-hybridized carbons (Fsp3) is 0.167. The molecule has 0 spiro atoms. The molecule has 17 heavy (non-hydrogen) atoms. The van der Waals surface area contributed by atoms with Gasteiger partial charge in [-0.25, -0.2) is 0 Å². The Morgan fingerprint density at radius 1 is 1.47 bits per heavy atom. The van der Waals surface area contributed by atoms with Crippen LogP contribution in [0, 0.1) is 11.3 Å². The molecule has 0 radical (unpaired) electrons. The number of rotatable bonds is 3. The zero-order chi connectivity index (χ0) is 12.3. The lowest BCUT2D eigenvalue weighted by atomic mass is 10.2. The van der Waals surface area contributed by atoms with E-state index in [-0.39, 0.29) is 0 Å². The number of hydrogen-bond acceptors (Lipinski definition) is 4. The van der Waals surface area contributed by atoms with Gasteiger partial charge < -0.3 is 11.1 Å². The molecule has 86 valence electrons. The predicted octanol–water partition coefficient (Wildman–Crippen LogP) is 1.49. The molecule has 2 rings (SSSR count). The van der Waals surface area contributed by atoms with E-state index in [4.69, 9.17) is 11.0 Å². The molecular weight excluding hydrogens is 214 g/mol. The summed E-state index contributed by atoms with van der Waals surface area (Å²) in [6.07, 6.45) is 1.75. The molecule has 0 saturated heterocycles. The highest BCUT2D eigenvalue weighted by atomic mass is 15.3. The van der Waals surface area contributed by atoms with Crippen molar-refractivity contribution in [1.82, 2.24) is 9.78 Å². The normalized spacial score (nSPS) is 9.88. The van der Waals surface area contributed by atoms with Gasteiger partial charge in [-0.3, -0.25) is 4.68 Å². The maximum Gasteiger partial charge on any atom is 0.0992 e. The highest BCUT2D eigenvalue weighted by Gasteiger charge is 2.02. The first-order chi connectivity index (χ1) is 8.20. The third-order valence-corrected chi connectivity index (χ3v) is 2.56. The van der Waals surface area contributed by atoms with Gasteiger partial charge in [-0.1, -0.05) is 0 Å². The zero-order valence-electron chi connectivity index (χ0n) is 9.51. The number of anilines is 2. The second kappa shape index (κ2) is 4.58. The van der Waals surface area contributed by atoms with Gasteiger partial charge in [-0.05, 0) is 24.3 Å². The number of nitriles is 1. The van der Waals surface area contributed by atoms with E-state index in [2.05, 4.69) is 16.5 Å². The SMILES string of the molecule is Cn1nccc1CNc1ccc(C#N)cc1N. The smallest absolute Gasteiger partial charge is 0.0992 e. The van der Waals surface area contributed by atoms with Crippen molar-refractivity contribution in [3.63, 3.8) is 0 Å². The Bertz CT molecular complexity index is 565. The fourth-order valence-corrected chi connectivity index (χ4v) is 1.55. The first kappa shape index (κ1) is 11.0. The molecule has 1 aromatic carbocycles. The molecule has 1 aromatic heterocycles. The summed E-state index contributed by atoms with van der Waals surface area (Å²) in [5.74, 6) is 0. The molecule has 5 heteroatoms. The maximum absolute atomic E-state index is 8.73. The van der Waals surface area contributed by atoms with E-state index in [1.807, 2.05) is 19.2 Å². The number of aryl methyl sites for hydroxylation is 1. The number of nitrogens with one attached hydrogen (secondary N) is 1. The van der Waals surface area contributed by atoms with Gasteiger partial charge in [0.2, 0.25) is 0 Å². The maximum atomic E-state index is 8.73. The summed E-state index contributed by atoms with van der Waals surface area (Å²) in [6.45, 7) is 0.645. The molecule has 0 amide bonds. The van der Waals surface area contributed by atoms with Crippen LogP contribution in [-0.2, 0) is 13.6 Å². The van der Waals surface area contributed by atoms with E-state index in [0.717, 1.165) is 11.4 Å². The average Bonchev–Trinajstić information content (AvgIpc) is 2.73. The Labute approximate surface area is 99.5 Å². The van der Waals surface area contributed by atoms with E-state index in [1.165, 1.54) is 0 Å². The van der Waals surface area contributed by atoms with Crippen LogP contribution in [0.3, 0.4) is 0 Å². The lowest BCUT2D eigenvalue weighted by Crippen LogP contribution is -2.07. The van der Waals surface area contributed by atoms with Crippen molar-refractivity contribution in [3.8, 4) is 6.07 Å². The summed E-state index contributed by atoms with van der Waals surface area (Å²) in [4.78, 5) is 0. The highest BCUT2D eigenvalue weighted by Crippen LogP contribution is 2.20. The average molecular weight is 227 g/mol. The van der Waals surface area contributed by atoms with Crippen LogP contribution in [-0.4, -0.2) is 9.78 Å². The molecule has 1 heterocycles. The van der Waals surface area contributed by atoms with Crippen LogP contribution in [0.15, 0.2) is 30.5 Å². The van der Waals surface area contributed by atoms with Crippen LogP contribution in [0.1, 0.15) is 11.3 Å². The third-order valence-electron chi connectivity index (χ3n) is 2.56. The fourth-order valence-electron chi connectivity index (χ4n) is 1.55. The van der Waals surface area contributed by atoms with Gasteiger partial charge in [-0.15, -0.1) is 0 Å². The number of benzene rings is 1. The Kier molecular flexibility index (Phi) is 2.97. The lowest BCUT2D eigenvalue weighted by molar-refractivity contribution is 0.720. The largest absolute Gasteiger partial charge is 0.397 e. The first-order valence-electron chi connectivity index (χ1n) is 5.21. The molecule has 0 aliphatic rings. The zero-order valence-corrected chi connectivity index (χ0v) is 9.51. The predicted molar refractivity (Wildman–Crippen MR) is 66.1 cm³/mol.